The van der Waals surface area contributed by atoms with Gasteiger partial charge in [-0.3, -0.25) is 0 Å². The third-order valence-corrected chi connectivity index (χ3v) is 3.13. The van der Waals surface area contributed by atoms with Gasteiger partial charge in [-0.15, -0.1) is 0 Å². The Balaban J connectivity index is 2.71. The lowest BCUT2D eigenvalue weighted by Crippen LogP contribution is -2.08. The zero-order valence-electron chi connectivity index (χ0n) is 10.9. The molecular formula is C14H12F2N2O2. The largest absolute Gasteiger partial charge is 0.477 e. The number of benzene rings is 1. The number of carboxylic acids is 1. The van der Waals surface area contributed by atoms with Crippen LogP contribution in [0.1, 0.15) is 21.6 Å². The van der Waals surface area contributed by atoms with Crippen LogP contribution in [-0.2, 0) is 0 Å². The third-order valence-electron chi connectivity index (χ3n) is 3.13. The number of aromatic nitrogens is 1. The van der Waals surface area contributed by atoms with E-state index < -0.39 is 17.6 Å². The zero-order chi connectivity index (χ0) is 15.0. The predicted molar refractivity (Wildman–Crippen MR) is 70.4 cm³/mol. The van der Waals surface area contributed by atoms with Crippen LogP contribution in [0, 0.1) is 25.5 Å². The Labute approximate surface area is 113 Å². The normalized spacial score (nSPS) is 10.6. The van der Waals surface area contributed by atoms with Crippen LogP contribution in [-0.4, -0.2) is 16.1 Å². The number of nitrogens with two attached hydrogens (primary N) is 1. The molecule has 0 saturated heterocycles. The molecule has 0 radical (unpaired) electrons. The highest BCUT2D eigenvalue weighted by atomic mass is 19.2. The van der Waals surface area contributed by atoms with Gasteiger partial charge in [0.25, 0.3) is 0 Å². The summed E-state index contributed by atoms with van der Waals surface area (Å²) in [5.41, 5.74) is 6.66. The fourth-order valence-electron chi connectivity index (χ4n) is 1.90. The third kappa shape index (κ3) is 2.20. The Morgan fingerprint density at radius 2 is 1.90 bits per heavy atom. The number of carboxylic acid groups (broad SMARTS) is 1. The number of aromatic carboxylic acids is 1. The molecule has 1 aromatic carbocycles. The second-order valence-electron chi connectivity index (χ2n) is 4.41. The number of carbonyl (C=O) groups is 1. The highest BCUT2D eigenvalue weighted by Gasteiger charge is 2.17. The minimum Gasteiger partial charge on any atom is -0.477 e. The Morgan fingerprint density at radius 1 is 1.25 bits per heavy atom. The van der Waals surface area contributed by atoms with E-state index in [-0.39, 0.29) is 22.6 Å². The molecule has 0 aliphatic carbocycles. The van der Waals surface area contributed by atoms with Gasteiger partial charge in [0.05, 0.1) is 5.69 Å². The number of hydrogen-bond acceptors (Lipinski definition) is 3. The van der Waals surface area contributed by atoms with E-state index in [1.54, 1.807) is 0 Å². The highest BCUT2D eigenvalue weighted by molar-refractivity contribution is 5.90. The van der Waals surface area contributed by atoms with Crippen molar-refractivity contribution in [2.75, 3.05) is 5.73 Å². The molecule has 104 valence electrons. The van der Waals surface area contributed by atoms with Gasteiger partial charge >= 0.3 is 5.97 Å². The van der Waals surface area contributed by atoms with Gasteiger partial charge in [-0.2, -0.15) is 0 Å². The van der Waals surface area contributed by atoms with Crippen molar-refractivity contribution < 1.29 is 18.7 Å². The van der Waals surface area contributed by atoms with Gasteiger partial charge in [0.15, 0.2) is 17.3 Å². The number of hydrogen-bond donors (Lipinski definition) is 2. The predicted octanol–water partition coefficient (Wildman–Crippen LogP) is 2.92. The first-order valence-electron chi connectivity index (χ1n) is 5.78. The zero-order valence-corrected chi connectivity index (χ0v) is 10.9. The molecule has 0 spiro atoms. The fourth-order valence-corrected chi connectivity index (χ4v) is 1.90. The summed E-state index contributed by atoms with van der Waals surface area (Å²) in [5, 5.41) is 9.08. The molecule has 0 fully saturated rings. The van der Waals surface area contributed by atoms with Crippen LogP contribution in [0.3, 0.4) is 0 Å². The first kappa shape index (κ1) is 13.9. The molecular weight excluding hydrogens is 266 g/mol. The van der Waals surface area contributed by atoms with E-state index in [0.717, 1.165) is 6.07 Å². The van der Waals surface area contributed by atoms with Crippen LogP contribution in [0.25, 0.3) is 11.3 Å². The van der Waals surface area contributed by atoms with Crippen LogP contribution in [0.2, 0.25) is 0 Å². The van der Waals surface area contributed by atoms with Gasteiger partial charge < -0.3 is 10.8 Å². The molecule has 0 unspecified atom stereocenters. The Kier molecular flexibility index (Phi) is 3.40. The first-order valence-corrected chi connectivity index (χ1v) is 5.78. The number of nitrogen functional groups attached to an aromatic ring is 1. The first-order chi connectivity index (χ1) is 9.32. The number of nitrogens with zero attached hydrogens (tertiary/aromatic N) is 1. The van der Waals surface area contributed by atoms with E-state index >= 15 is 0 Å². The molecule has 2 rings (SSSR count). The average Bonchev–Trinajstić information content (AvgIpc) is 2.39. The molecule has 0 aliphatic heterocycles. The lowest BCUT2D eigenvalue weighted by atomic mass is 10.0. The van der Waals surface area contributed by atoms with E-state index in [9.17, 15) is 13.6 Å². The van der Waals surface area contributed by atoms with Crippen LogP contribution in [0.5, 0.6) is 0 Å². The van der Waals surface area contributed by atoms with E-state index in [2.05, 4.69) is 4.98 Å². The summed E-state index contributed by atoms with van der Waals surface area (Å²) in [6.07, 6.45) is 0. The van der Waals surface area contributed by atoms with E-state index in [1.807, 2.05) is 0 Å². The summed E-state index contributed by atoms with van der Waals surface area (Å²) < 4.78 is 26.7. The summed E-state index contributed by atoms with van der Waals surface area (Å²) in [6, 6.07) is 3.76. The maximum Gasteiger partial charge on any atom is 0.354 e. The van der Waals surface area contributed by atoms with Crippen molar-refractivity contribution in [1.82, 2.24) is 4.98 Å². The summed E-state index contributed by atoms with van der Waals surface area (Å²) in [4.78, 5) is 15.1. The molecule has 0 saturated carbocycles. The SMILES string of the molecule is Cc1c(N)cc(-c2ccc(F)c(F)c2C)nc1C(=O)O. The van der Waals surface area contributed by atoms with Crippen LogP contribution in [0.15, 0.2) is 18.2 Å². The van der Waals surface area contributed by atoms with Crippen molar-refractivity contribution in [2.24, 2.45) is 0 Å². The van der Waals surface area contributed by atoms with Gasteiger partial charge in [0, 0.05) is 16.8 Å². The molecule has 1 heterocycles. The maximum absolute atomic E-state index is 13.6. The monoisotopic (exact) mass is 278 g/mol. The number of rotatable bonds is 2. The molecule has 0 amide bonds. The molecule has 3 N–H and O–H groups in total. The van der Waals surface area contributed by atoms with E-state index in [1.165, 1.54) is 26.0 Å². The van der Waals surface area contributed by atoms with Crippen molar-refractivity contribution in [1.29, 1.82) is 0 Å². The smallest absolute Gasteiger partial charge is 0.354 e. The molecule has 6 heteroatoms. The molecule has 4 nitrogen and oxygen atoms in total. The van der Waals surface area contributed by atoms with E-state index in [4.69, 9.17) is 10.8 Å². The van der Waals surface area contributed by atoms with Crippen LogP contribution in [0.4, 0.5) is 14.5 Å². The Hall–Kier alpha value is -2.50. The summed E-state index contributed by atoms with van der Waals surface area (Å²) in [5.74, 6) is -3.18. The van der Waals surface area contributed by atoms with Crippen molar-refractivity contribution in [2.45, 2.75) is 13.8 Å². The molecule has 0 atom stereocenters. The molecule has 0 aliphatic rings. The second kappa shape index (κ2) is 4.88. The van der Waals surface area contributed by atoms with Gasteiger partial charge in [0.2, 0.25) is 0 Å². The Bertz CT molecular complexity index is 715. The van der Waals surface area contributed by atoms with E-state index in [0.29, 0.717) is 11.1 Å². The van der Waals surface area contributed by atoms with Gasteiger partial charge in [-0.25, -0.2) is 18.6 Å². The summed E-state index contributed by atoms with van der Waals surface area (Å²) in [7, 11) is 0. The number of halogens is 2. The molecule has 2 aromatic rings. The maximum atomic E-state index is 13.6. The standard InChI is InChI=1S/C14H12F2N2O2/c1-6-8(3-4-9(15)12(6)16)11-5-10(17)7(2)13(18-11)14(19)20/h3-5H,1-2H3,(H2,17,18)(H,19,20). The van der Waals surface area contributed by atoms with Crippen molar-refractivity contribution >= 4 is 11.7 Å². The van der Waals surface area contributed by atoms with Gasteiger partial charge in [-0.05, 0) is 37.6 Å². The van der Waals surface area contributed by atoms with Crippen molar-refractivity contribution in [3.63, 3.8) is 0 Å². The van der Waals surface area contributed by atoms with Gasteiger partial charge in [-0.1, -0.05) is 0 Å². The molecule has 0 bridgehead atoms. The van der Waals surface area contributed by atoms with Crippen LogP contribution < -0.4 is 5.73 Å². The Morgan fingerprint density at radius 3 is 2.50 bits per heavy atom. The quantitative estimate of drug-likeness (QED) is 0.885. The van der Waals surface area contributed by atoms with Crippen molar-refractivity contribution in [3.05, 3.63) is 46.7 Å². The summed E-state index contributed by atoms with van der Waals surface area (Å²) in [6.45, 7) is 2.93. The fraction of sp³-hybridized carbons (Fsp3) is 0.143. The highest BCUT2D eigenvalue weighted by Crippen LogP contribution is 2.28. The summed E-state index contributed by atoms with van der Waals surface area (Å²) >= 11 is 0. The molecule has 20 heavy (non-hydrogen) atoms. The van der Waals surface area contributed by atoms with Crippen molar-refractivity contribution in [3.8, 4) is 11.3 Å². The topological polar surface area (TPSA) is 76.2 Å². The van der Waals surface area contributed by atoms with Gasteiger partial charge in [0.1, 0.15) is 0 Å². The number of anilines is 1. The van der Waals surface area contributed by atoms with Crippen LogP contribution >= 0.6 is 0 Å². The second-order valence-corrected chi connectivity index (χ2v) is 4.41. The minimum atomic E-state index is -1.23. The molecule has 1 aromatic heterocycles. The lowest BCUT2D eigenvalue weighted by Gasteiger charge is -2.11. The number of pyridine rings is 1. The average molecular weight is 278 g/mol. The minimum absolute atomic E-state index is 0.0529. The lowest BCUT2D eigenvalue weighted by molar-refractivity contribution is 0.0690.